The summed E-state index contributed by atoms with van der Waals surface area (Å²) in [7, 11) is 0. The first kappa shape index (κ1) is 12.9. The highest BCUT2D eigenvalue weighted by Gasteiger charge is 2.36. The predicted octanol–water partition coefficient (Wildman–Crippen LogP) is 2.06. The van der Waals surface area contributed by atoms with E-state index in [9.17, 15) is 0 Å². The fraction of sp³-hybridized carbons (Fsp3) is 0.625. The molecular weight excluding hydrogens is 236 g/mol. The van der Waals surface area contributed by atoms with E-state index in [1.807, 2.05) is 0 Å². The smallest absolute Gasteiger partial charge is 0.125 e. The van der Waals surface area contributed by atoms with Gasteiger partial charge in [-0.15, -0.1) is 0 Å². The zero-order chi connectivity index (χ0) is 13.4. The molecule has 19 heavy (non-hydrogen) atoms. The van der Waals surface area contributed by atoms with E-state index >= 15 is 0 Å². The number of benzene rings is 1. The molecule has 1 fully saturated rings. The molecule has 2 heterocycles. The van der Waals surface area contributed by atoms with Gasteiger partial charge in [-0.25, -0.2) is 0 Å². The van der Waals surface area contributed by atoms with Gasteiger partial charge in [-0.05, 0) is 43.9 Å². The first-order valence-electron chi connectivity index (χ1n) is 7.35. The molecule has 0 bridgehead atoms. The van der Waals surface area contributed by atoms with E-state index in [4.69, 9.17) is 10.5 Å². The predicted molar refractivity (Wildman–Crippen MR) is 77.8 cm³/mol. The SMILES string of the molecule is Cc1cc(C)c2c(c1)[C@@H]1CCN(CCN)C[C@@H]1CO2. The van der Waals surface area contributed by atoms with Gasteiger partial charge >= 0.3 is 0 Å². The molecule has 1 saturated heterocycles. The van der Waals surface area contributed by atoms with Gasteiger partial charge in [0.05, 0.1) is 6.61 Å². The van der Waals surface area contributed by atoms with Crippen LogP contribution in [0.25, 0.3) is 0 Å². The highest BCUT2D eigenvalue weighted by atomic mass is 16.5. The van der Waals surface area contributed by atoms with Crippen molar-refractivity contribution in [2.24, 2.45) is 11.7 Å². The number of ether oxygens (including phenoxy) is 1. The van der Waals surface area contributed by atoms with Crippen molar-refractivity contribution in [1.82, 2.24) is 4.90 Å². The lowest BCUT2D eigenvalue weighted by atomic mass is 9.78. The molecule has 0 saturated carbocycles. The second-order valence-corrected chi connectivity index (χ2v) is 6.06. The van der Waals surface area contributed by atoms with Crippen LogP contribution in [0, 0.1) is 19.8 Å². The molecule has 0 spiro atoms. The van der Waals surface area contributed by atoms with E-state index in [1.165, 1.54) is 29.7 Å². The van der Waals surface area contributed by atoms with Crippen molar-refractivity contribution in [3.8, 4) is 5.75 Å². The minimum atomic E-state index is 0.633. The second kappa shape index (κ2) is 5.14. The molecule has 2 aliphatic heterocycles. The lowest BCUT2D eigenvalue weighted by molar-refractivity contribution is 0.0946. The minimum absolute atomic E-state index is 0.633. The van der Waals surface area contributed by atoms with Gasteiger partial charge in [0.2, 0.25) is 0 Å². The van der Waals surface area contributed by atoms with Crippen LogP contribution in [0.2, 0.25) is 0 Å². The van der Waals surface area contributed by atoms with Gasteiger partial charge in [-0.1, -0.05) is 17.7 Å². The van der Waals surface area contributed by atoms with Crippen LogP contribution in [0.3, 0.4) is 0 Å². The molecule has 2 atom stereocenters. The number of rotatable bonds is 2. The Hall–Kier alpha value is -1.06. The van der Waals surface area contributed by atoms with Gasteiger partial charge < -0.3 is 15.4 Å². The van der Waals surface area contributed by atoms with Crippen molar-refractivity contribution in [3.63, 3.8) is 0 Å². The van der Waals surface area contributed by atoms with Crippen molar-refractivity contribution in [2.75, 3.05) is 32.8 Å². The average molecular weight is 260 g/mol. The van der Waals surface area contributed by atoms with Crippen LogP contribution >= 0.6 is 0 Å². The molecule has 3 nitrogen and oxygen atoms in total. The number of hydrogen-bond donors (Lipinski definition) is 1. The summed E-state index contributed by atoms with van der Waals surface area (Å²) in [6, 6.07) is 4.56. The number of aryl methyl sites for hydroxylation is 2. The number of nitrogens with two attached hydrogens (primary N) is 1. The van der Waals surface area contributed by atoms with Crippen molar-refractivity contribution in [1.29, 1.82) is 0 Å². The molecule has 0 radical (unpaired) electrons. The molecule has 0 aliphatic carbocycles. The molecule has 1 aromatic carbocycles. The van der Waals surface area contributed by atoms with Crippen LogP contribution in [-0.2, 0) is 0 Å². The molecule has 2 aliphatic rings. The Bertz CT molecular complexity index is 472. The lowest BCUT2D eigenvalue weighted by Crippen LogP contribution is -2.45. The van der Waals surface area contributed by atoms with E-state index in [2.05, 4.69) is 30.9 Å². The van der Waals surface area contributed by atoms with Crippen LogP contribution in [0.1, 0.15) is 29.0 Å². The second-order valence-electron chi connectivity index (χ2n) is 6.06. The van der Waals surface area contributed by atoms with E-state index in [-0.39, 0.29) is 0 Å². The summed E-state index contributed by atoms with van der Waals surface area (Å²) in [5.41, 5.74) is 9.76. The Balaban J connectivity index is 1.86. The van der Waals surface area contributed by atoms with Gasteiger partial charge in [0.25, 0.3) is 0 Å². The maximum Gasteiger partial charge on any atom is 0.125 e. The van der Waals surface area contributed by atoms with Crippen LogP contribution in [0.4, 0.5) is 0 Å². The van der Waals surface area contributed by atoms with Crippen LogP contribution < -0.4 is 10.5 Å². The third-order valence-electron chi connectivity index (χ3n) is 4.55. The topological polar surface area (TPSA) is 38.5 Å². The molecule has 0 aromatic heterocycles. The standard InChI is InChI=1S/C16H24N2O/c1-11-7-12(2)16-15(8-11)14-3-5-18(6-4-17)9-13(14)10-19-16/h7-8,13-14H,3-6,9-10,17H2,1-2H3/t13-,14-/m1/s1. The van der Waals surface area contributed by atoms with Gasteiger partial charge in [-0.3, -0.25) is 0 Å². The molecule has 3 heteroatoms. The molecule has 1 aromatic rings. The highest BCUT2D eigenvalue weighted by molar-refractivity contribution is 5.47. The Kier molecular flexibility index (Phi) is 3.50. The molecule has 104 valence electrons. The van der Waals surface area contributed by atoms with Crippen molar-refractivity contribution in [3.05, 3.63) is 28.8 Å². The summed E-state index contributed by atoms with van der Waals surface area (Å²) in [5.74, 6) is 2.46. The monoisotopic (exact) mass is 260 g/mol. The summed E-state index contributed by atoms with van der Waals surface area (Å²) in [6.45, 7) is 9.29. The highest BCUT2D eigenvalue weighted by Crippen LogP contribution is 2.43. The van der Waals surface area contributed by atoms with E-state index < -0.39 is 0 Å². The van der Waals surface area contributed by atoms with E-state index in [1.54, 1.807) is 0 Å². The Morgan fingerprint density at radius 1 is 1.37 bits per heavy atom. The summed E-state index contributed by atoms with van der Waals surface area (Å²) in [4.78, 5) is 2.48. The molecular formula is C16H24N2O. The number of piperidine rings is 1. The average Bonchev–Trinajstić information content (AvgIpc) is 2.38. The van der Waals surface area contributed by atoms with Crippen molar-refractivity contribution in [2.45, 2.75) is 26.2 Å². The Morgan fingerprint density at radius 3 is 3.00 bits per heavy atom. The number of nitrogens with zero attached hydrogens (tertiary/aromatic N) is 1. The molecule has 2 N–H and O–H groups in total. The maximum atomic E-state index is 6.05. The number of fused-ring (bicyclic) bond motifs is 3. The lowest BCUT2D eigenvalue weighted by Gasteiger charge is -2.42. The van der Waals surface area contributed by atoms with Gasteiger partial charge in [-0.2, -0.15) is 0 Å². The summed E-state index contributed by atoms with van der Waals surface area (Å²) in [5, 5.41) is 0. The van der Waals surface area contributed by atoms with Gasteiger partial charge in [0, 0.05) is 25.6 Å². The molecule has 0 amide bonds. The van der Waals surface area contributed by atoms with Gasteiger partial charge in [0.15, 0.2) is 0 Å². The first-order valence-corrected chi connectivity index (χ1v) is 7.35. The zero-order valence-corrected chi connectivity index (χ0v) is 12.0. The largest absolute Gasteiger partial charge is 0.493 e. The summed E-state index contributed by atoms with van der Waals surface area (Å²) < 4.78 is 6.05. The minimum Gasteiger partial charge on any atom is -0.493 e. The summed E-state index contributed by atoms with van der Waals surface area (Å²) in [6.07, 6.45) is 1.24. The molecule has 3 rings (SSSR count). The van der Waals surface area contributed by atoms with Crippen molar-refractivity contribution < 1.29 is 4.74 Å². The number of likely N-dealkylation sites (tertiary alicyclic amines) is 1. The first-order chi connectivity index (χ1) is 9.19. The summed E-state index contributed by atoms with van der Waals surface area (Å²) >= 11 is 0. The van der Waals surface area contributed by atoms with Gasteiger partial charge in [0.1, 0.15) is 5.75 Å². The van der Waals surface area contributed by atoms with Crippen LogP contribution in [0.5, 0.6) is 5.75 Å². The third kappa shape index (κ3) is 2.37. The van der Waals surface area contributed by atoms with Crippen LogP contribution in [-0.4, -0.2) is 37.7 Å². The number of hydrogen-bond acceptors (Lipinski definition) is 3. The maximum absolute atomic E-state index is 6.05. The fourth-order valence-electron chi connectivity index (χ4n) is 3.72. The van der Waals surface area contributed by atoms with E-state index in [0.717, 1.165) is 32.0 Å². The fourth-order valence-corrected chi connectivity index (χ4v) is 3.72. The van der Waals surface area contributed by atoms with Crippen LogP contribution in [0.15, 0.2) is 12.1 Å². The third-order valence-corrected chi connectivity index (χ3v) is 4.55. The molecule has 0 unspecified atom stereocenters. The quantitative estimate of drug-likeness (QED) is 0.884. The Labute approximate surface area is 115 Å². The van der Waals surface area contributed by atoms with E-state index in [0.29, 0.717) is 11.8 Å². The van der Waals surface area contributed by atoms with Crippen molar-refractivity contribution >= 4 is 0 Å². The zero-order valence-electron chi connectivity index (χ0n) is 12.0. The Morgan fingerprint density at radius 2 is 2.21 bits per heavy atom. The normalized spacial score (nSPS) is 26.5.